The molecular weight excluding hydrogens is 303 g/mol. The highest BCUT2D eigenvalue weighted by atomic mass is 35.5. The van der Waals surface area contributed by atoms with Crippen molar-refractivity contribution in [3.05, 3.63) is 64.9 Å². The van der Waals surface area contributed by atoms with Crippen LogP contribution in [-0.2, 0) is 4.79 Å². The molecule has 0 aromatic heterocycles. The minimum absolute atomic E-state index is 0.0389. The summed E-state index contributed by atoms with van der Waals surface area (Å²) in [5, 5.41) is 3.35. The number of hydrogen-bond acceptors (Lipinski definition) is 2. The third-order valence-corrected chi connectivity index (χ3v) is 3.73. The molecule has 0 spiro atoms. The highest BCUT2D eigenvalue weighted by Gasteiger charge is 2.15. The molecule has 1 N–H and O–H groups in total. The monoisotopic (exact) mass is 320 g/mol. The smallest absolute Gasteiger partial charge is 0.238 e. The van der Waals surface area contributed by atoms with E-state index in [0.717, 1.165) is 5.56 Å². The molecule has 2 aromatic rings. The second-order valence-corrected chi connectivity index (χ2v) is 5.64. The molecule has 0 saturated carbocycles. The summed E-state index contributed by atoms with van der Waals surface area (Å²) in [4.78, 5) is 13.9. The molecule has 1 amide bonds. The van der Waals surface area contributed by atoms with Crippen LogP contribution in [0.25, 0.3) is 0 Å². The number of carbonyl (C=O) groups is 1. The highest BCUT2D eigenvalue weighted by molar-refractivity contribution is 6.30. The van der Waals surface area contributed by atoms with Gasteiger partial charge in [-0.2, -0.15) is 0 Å². The van der Waals surface area contributed by atoms with Gasteiger partial charge in [-0.1, -0.05) is 29.8 Å². The lowest BCUT2D eigenvalue weighted by molar-refractivity contribution is -0.117. The zero-order valence-electron chi connectivity index (χ0n) is 12.5. The fraction of sp³-hybridized carbons (Fsp3) is 0.235. The maximum Gasteiger partial charge on any atom is 0.238 e. The van der Waals surface area contributed by atoms with Gasteiger partial charge in [0.2, 0.25) is 5.91 Å². The average molecular weight is 321 g/mol. The number of nitrogens with one attached hydrogen (secondary N) is 1. The minimum atomic E-state index is -0.376. The van der Waals surface area contributed by atoms with E-state index in [1.165, 1.54) is 12.1 Å². The average Bonchev–Trinajstić information content (AvgIpc) is 2.46. The van der Waals surface area contributed by atoms with Crippen molar-refractivity contribution in [2.75, 3.05) is 18.9 Å². The van der Waals surface area contributed by atoms with E-state index in [4.69, 9.17) is 11.6 Å². The molecule has 0 aliphatic carbocycles. The van der Waals surface area contributed by atoms with Crippen LogP contribution in [0.15, 0.2) is 48.5 Å². The second-order valence-electron chi connectivity index (χ2n) is 5.20. The van der Waals surface area contributed by atoms with Crippen LogP contribution in [0.5, 0.6) is 0 Å². The number of likely N-dealkylation sites (N-methyl/N-ethyl adjacent to an activating group) is 1. The summed E-state index contributed by atoms with van der Waals surface area (Å²) in [5.74, 6) is -0.569. The molecule has 3 nitrogen and oxygen atoms in total. The number of rotatable bonds is 5. The third-order valence-electron chi connectivity index (χ3n) is 3.49. The van der Waals surface area contributed by atoms with Gasteiger partial charge in [-0.25, -0.2) is 4.39 Å². The summed E-state index contributed by atoms with van der Waals surface area (Å²) < 4.78 is 13.1. The Labute approximate surface area is 134 Å². The van der Waals surface area contributed by atoms with Gasteiger partial charge in [-0.05, 0) is 49.9 Å². The van der Waals surface area contributed by atoms with Crippen LogP contribution >= 0.6 is 11.6 Å². The quantitative estimate of drug-likeness (QED) is 0.899. The molecule has 0 heterocycles. The molecule has 0 aliphatic rings. The first kappa shape index (κ1) is 16.5. The lowest BCUT2D eigenvalue weighted by Crippen LogP contribution is -2.32. The minimum Gasteiger partial charge on any atom is -0.325 e. The molecule has 116 valence electrons. The predicted octanol–water partition coefficient (Wildman–Crippen LogP) is 4.11. The van der Waals surface area contributed by atoms with Crippen LogP contribution in [0, 0.1) is 5.82 Å². The van der Waals surface area contributed by atoms with E-state index in [2.05, 4.69) is 5.32 Å². The normalized spacial score (nSPS) is 12.2. The summed E-state index contributed by atoms with van der Waals surface area (Å²) in [6.07, 6.45) is 0. The Kier molecular flexibility index (Phi) is 5.52. The Morgan fingerprint density at radius 2 is 2.00 bits per heavy atom. The zero-order chi connectivity index (χ0) is 16.1. The van der Waals surface area contributed by atoms with E-state index < -0.39 is 0 Å². The van der Waals surface area contributed by atoms with Gasteiger partial charge in [0.05, 0.1) is 6.54 Å². The van der Waals surface area contributed by atoms with Gasteiger partial charge in [0, 0.05) is 16.8 Å². The highest BCUT2D eigenvalue weighted by Crippen LogP contribution is 2.21. The fourth-order valence-corrected chi connectivity index (χ4v) is 2.35. The van der Waals surface area contributed by atoms with E-state index >= 15 is 0 Å². The Morgan fingerprint density at radius 1 is 1.27 bits per heavy atom. The zero-order valence-corrected chi connectivity index (χ0v) is 13.3. The molecular formula is C17H18ClFN2O. The van der Waals surface area contributed by atoms with Gasteiger partial charge in [0.1, 0.15) is 5.82 Å². The number of carbonyl (C=O) groups excluding carboxylic acids is 1. The van der Waals surface area contributed by atoms with E-state index in [0.29, 0.717) is 10.7 Å². The van der Waals surface area contributed by atoms with Gasteiger partial charge in [-0.3, -0.25) is 9.69 Å². The lowest BCUT2D eigenvalue weighted by Gasteiger charge is -2.24. The van der Waals surface area contributed by atoms with Gasteiger partial charge in [-0.15, -0.1) is 0 Å². The largest absolute Gasteiger partial charge is 0.325 e. The molecule has 0 fully saturated rings. The van der Waals surface area contributed by atoms with Crippen molar-refractivity contribution in [1.82, 2.24) is 4.90 Å². The number of halogens is 2. The summed E-state index contributed by atoms with van der Waals surface area (Å²) in [6, 6.07) is 13.4. The molecule has 0 saturated heterocycles. The molecule has 5 heteroatoms. The summed E-state index contributed by atoms with van der Waals surface area (Å²) in [7, 11) is 1.86. The van der Waals surface area contributed by atoms with Gasteiger partial charge >= 0.3 is 0 Å². The second kappa shape index (κ2) is 7.38. The number of anilines is 1. The number of hydrogen-bond donors (Lipinski definition) is 1. The van der Waals surface area contributed by atoms with Crippen molar-refractivity contribution in [2.45, 2.75) is 13.0 Å². The first-order chi connectivity index (χ1) is 10.5. The Balaban J connectivity index is 1.96. The molecule has 0 bridgehead atoms. The Bertz CT molecular complexity index is 663. The van der Waals surface area contributed by atoms with Gasteiger partial charge in [0.25, 0.3) is 0 Å². The van der Waals surface area contributed by atoms with E-state index in [-0.39, 0.29) is 24.3 Å². The van der Waals surface area contributed by atoms with Crippen molar-refractivity contribution in [3.63, 3.8) is 0 Å². The molecule has 22 heavy (non-hydrogen) atoms. The molecule has 1 unspecified atom stereocenters. The van der Waals surface area contributed by atoms with Crippen LogP contribution in [0.3, 0.4) is 0 Å². The van der Waals surface area contributed by atoms with Crippen molar-refractivity contribution in [2.24, 2.45) is 0 Å². The molecule has 1 atom stereocenters. The van der Waals surface area contributed by atoms with E-state index in [1.54, 1.807) is 12.1 Å². The molecule has 2 aromatic carbocycles. The van der Waals surface area contributed by atoms with Crippen molar-refractivity contribution in [3.8, 4) is 0 Å². The number of benzene rings is 2. The Morgan fingerprint density at radius 3 is 2.68 bits per heavy atom. The van der Waals surface area contributed by atoms with E-state index in [9.17, 15) is 9.18 Å². The van der Waals surface area contributed by atoms with Crippen LogP contribution in [0.1, 0.15) is 18.5 Å². The first-order valence-corrected chi connectivity index (χ1v) is 7.34. The first-order valence-electron chi connectivity index (χ1n) is 6.97. The summed E-state index contributed by atoms with van der Waals surface area (Å²) in [5.41, 5.74) is 1.49. The lowest BCUT2D eigenvalue weighted by atomic mass is 10.1. The SMILES string of the molecule is CC(c1cccc(Cl)c1)N(C)CC(=O)Nc1cccc(F)c1. The molecule has 0 aliphatic heterocycles. The number of nitrogens with zero attached hydrogens (tertiary/aromatic N) is 1. The van der Waals surface area contributed by atoms with Gasteiger partial charge in [0.15, 0.2) is 0 Å². The maximum atomic E-state index is 13.1. The van der Waals surface area contributed by atoms with Crippen molar-refractivity contribution < 1.29 is 9.18 Å². The van der Waals surface area contributed by atoms with Crippen LogP contribution in [0.4, 0.5) is 10.1 Å². The third kappa shape index (κ3) is 4.55. The molecule has 0 radical (unpaired) electrons. The Hall–Kier alpha value is -1.91. The number of amides is 1. The summed E-state index contributed by atoms with van der Waals surface area (Å²) in [6.45, 7) is 2.20. The summed E-state index contributed by atoms with van der Waals surface area (Å²) >= 11 is 5.99. The molecule has 2 rings (SSSR count). The van der Waals surface area contributed by atoms with Crippen LogP contribution < -0.4 is 5.32 Å². The van der Waals surface area contributed by atoms with Crippen molar-refractivity contribution in [1.29, 1.82) is 0 Å². The van der Waals surface area contributed by atoms with E-state index in [1.807, 2.05) is 43.1 Å². The van der Waals surface area contributed by atoms with Crippen molar-refractivity contribution >= 4 is 23.2 Å². The maximum absolute atomic E-state index is 13.1. The standard InChI is InChI=1S/C17H18ClFN2O/c1-12(13-5-3-6-14(18)9-13)21(2)11-17(22)20-16-8-4-7-15(19)10-16/h3-10,12H,11H2,1-2H3,(H,20,22). The fourth-order valence-electron chi connectivity index (χ4n) is 2.15. The topological polar surface area (TPSA) is 32.3 Å². The predicted molar refractivity (Wildman–Crippen MR) is 87.5 cm³/mol. The van der Waals surface area contributed by atoms with Crippen LogP contribution in [-0.4, -0.2) is 24.4 Å². The van der Waals surface area contributed by atoms with Crippen LogP contribution in [0.2, 0.25) is 5.02 Å². The van der Waals surface area contributed by atoms with Gasteiger partial charge < -0.3 is 5.32 Å².